The molecule has 90 valence electrons. The van der Waals surface area contributed by atoms with Gasteiger partial charge in [-0.2, -0.15) is 8.42 Å². The highest BCUT2D eigenvalue weighted by atomic mass is 32.2. The number of benzene rings is 2. The predicted octanol–water partition coefficient (Wildman–Crippen LogP) is 2.18. The average molecular weight is 252 g/mol. The number of fused-ring (bicyclic) bond motifs is 1. The summed E-state index contributed by atoms with van der Waals surface area (Å²) >= 11 is 0. The lowest BCUT2D eigenvalue weighted by Gasteiger charge is -2.07. The summed E-state index contributed by atoms with van der Waals surface area (Å²) in [6, 6.07) is 10.2. The standard InChI is InChI=1S/C12H12O4S/c1-15-12-5-3-4-9-8-10(6-7-11(9)12)17(13,14)16-2/h3-8H,1-2H3. The van der Waals surface area contributed by atoms with E-state index in [1.54, 1.807) is 19.2 Å². The Morgan fingerprint density at radius 3 is 2.47 bits per heavy atom. The summed E-state index contributed by atoms with van der Waals surface area (Å²) in [6.45, 7) is 0. The molecule has 0 atom stereocenters. The van der Waals surface area contributed by atoms with Crippen LogP contribution in [0.1, 0.15) is 0 Å². The molecule has 0 fully saturated rings. The fraction of sp³-hybridized carbons (Fsp3) is 0.167. The number of methoxy groups -OCH3 is 1. The summed E-state index contributed by atoms with van der Waals surface area (Å²) in [5, 5.41) is 1.66. The van der Waals surface area contributed by atoms with Crippen LogP contribution in [0.2, 0.25) is 0 Å². The molecule has 0 aliphatic rings. The molecule has 5 heteroatoms. The maximum absolute atomic E-state index is 11.5. The molecule has 2 aromatic carbocycles. The molecule has 2 aromatic rings. The van der Waals surface area contributed by atoms with Crippen molar-refractivity contribution in [1.82, 2.24) is 0 Å². The van der Waals surface area contributed by atoms with Gasteiger partial charge in [-0.05, 0) is 29.7 Å². The summed E-state index contributed by atoms with van der Waals surface area (Å²) in [6.07, 6.45) is 0. The van der Waals surface area contributed by atoms with Crippen molar-refractivity contribution in [1.29, 1.82) is 0 Å². The lowest BCUT2D eigenvalue weighted by Crippen LogP contribution is -2.02. The van der Waals surface area contributed by atoms with Crippen LogP contribution >= 0.6 is 0 Å². The molecular weight excluding hydrogens is 240 g/mol. The van der Waals surface area contributed by atoms with Crippen molar-refractivity contribution in [2.45, 2.75) is 4.90 Å². The van der Waals surface area contributed by atoms with Gasteiger partial charge in [-0.3, -0.25) is 4.18 Å². The third-order valence-corrected chi connectivity index (χ3v) is 3.81. The van der Waals surface area contributed by atoms with Crippen molar-refractivity contribution in [3.05, 3.63) is 36.4 Å². The van der Waals surface area contributed by atoms with E-state index in [2.05, 4.69) is 4.18 Å². The average Bonchev–Trinajstić information content (AvgIpc) is 2.37. The van der Waals surface area contributed by atoms with Crippen LogP contribution in [0, 0.1) is 0 Å². The monoisotopic (exact) mass is 252 g/mol. The summed E-state index contributed by atoms with van der Waals surface area (Å²) < 4.78 is 32.8. The first-order valence-corrected chi connectivity index (χ1v) is 6.37. The van der Waals surface area contributed by atoms with Gasteiger partial charge in [0.05, 0.1) is 19.1 Å². The quantitative estimate of drug-likeness (QED) is 0.786. The number of hydrogen-bond donors (Lipinski definition) is 0. The van der Waals surface area contributed by atoms with Gasteiger partial charge in [0.1, 0.15) is 5.75 Å². The lowest BCUT2D eigenvalue weighted by atomic mass is 10.1. The van der Waals surface area contributed by atoms with E-state index >= 15 is 0 Å². The largest absolute Gasteiger partial charge is 0.496 e. The molecule has 0 radical (unpaired) electrons. The second-order valence-electron chi connectivity index (χ2n) is 3.46. The molecule has 4 nitrogen and oxygen atoms in total. The highest BCUT2D eigenvalue weighted by molar-refractivity contribution is 7.86. The summed E-state index contributed by atoms with van der Waals surface area (Å²) in [4.78, 5) is 0.140. The van der Waals surface area contributed by atoms with E-state index in [0.717, 1.165) is 17.9 Å². The van der Waals surface area contributed by atoms with Gasteiger partial charge < -0.3 is 4.74 Å². The number of rotatable bonds is 3. The minimum absolute atomic E-state index is 0.140. The van der Waals surface area contributed by atoms with Crippen LogP contribution in [0.15, 0.2) is 41.3 Å². The van der Waals surface area contributed by atoms with Crippen molar-refractivity contribution in [2.75, 3.05) is 14.2 Å². The van der Waals surface area contributed by atoms with Gasteiger partial charge in [-0.1, -0.05) is 12.1 Å². The smallest absolute Gasteiger partial charge is 0.296 e. The Hall–Kier alpha value is -1.59. The molecule has 0 amide bonds. The summed E-state index contributed by atoms with van der Waals surface area (Å²) in [5.74, 6) is 0.712. The van der Waals surface area contributed by atoms with E-state index < -0.39 is 10.1 Å². The van der Waals surface area contributed by atoms with E-state index in [9.17, 15) is 8.42 Å². The maximum Gasteiger partial charge on any atom is 0.296 e. The second-order valence-corrected chi connectivity index (χ2v) is 5.18. The fourth-order valence-electron chi connectivity index (χ4n) is 1.66. The van der Waals surface area contributed by atoms with Crippen molar-refractivity contribution in [3.63, 3.8) is 0 Å². The van der Waals surface area contributed by atoms with Gasteiger partial charge in [0.15, 0.2) is 0 Å². The zero-order valence-electron chi connectivity index (χ0n) is 9.51. The van der Waals surface area contributed by atoms with Crippen LogP contribution < -0.4 is 4.74 Å². The van der Waals surface area contributed by atoms with E-state index in [1.165, 1.54) is 6.07 Å². The topological polar surface area (TPSA) is 52.6 Å². The predicted molar refractivity (Wildman–Crippen MR) is 64.7 cm³/mol. The molecule has 0 bridgehead atoms. The Morgan fingerprint density at radius 2 is 1.82 bits per heavy atom. The molecular formula is C12H12O4S. The number of ether oxygens (including phenoxy) is 1. The first-order valence-electron chi connectivity index (χ1n) is 4.96. The molecule has 17 heavy (non-hydrogen) atoms. The van der Waals surface area contributed by atoms with Crippen LogP contribution in [0.25, 0.3) is 10.8 Å². The van der Waals surface area contributed by atoms with Crippen molar-refractivity contribution in [3.8, 4) is 5.75 Å². The molecule has 0 saturated heterocycles. The van der Waals surface area contributed by atoms with Gasteiger partial charge in [-0.15, -0.1) is 0 Å². The lowest BCUT2D eigenvalue weighted by molar-refractivity contribution is 0.398. The Labute approximate surface area is 99.9 Å². The Balaban J connectivity index is 2.68. The van der Waals surface area contributed by atoms with E-state index in [0.29, 0.717) is 5.75 Å². The van der Waals surface area contributed by atoms with Crippen molar-refractivity contribution >= 4 is 20.9 Å². The Morgan fingerprint density at radius 1 is 1.06 bits per heavy atom. The highest BCUT2D eigenvalue weighted by Gasteiger charge is 2.13. The Kier molecular flexibility index (Phi) is 3.04. The van der Waals surface area contributed by atoms with Gasteiger partial charge >= 0.3 is 0 Å². The van der Waals surface area contributed by atoms with Gasteiger partial charge in [0.2, 0.25) is 0 Å². The zero-order chi connectivity index (χ0) is 12.5. The molecule has 0 N–H and O–H groups in total. The molecule has 2 rings (SSSR count). The summed E-state index contributed by atoms with van der Waals surface area (Å²) in [7, 11) is -0.928. The second kappa shape index (κ2) is 4.35. The van der Waals surface area contributed by atoms with E-state index in [4.69, 9.17) is 4.74 Å². The molecule has 0 spiro atoms. The molecule has 0 heterocycles. The third-order valence-electron chi connectivity index (χ3n) is 2.54. The van der Waals surface area contributed by atoms with E-state index in [1.807, 2.05) is 18.2 Å². The van der Waals surface area contributed by atoms with Crippen LogP contribution in [0.3, 0.4) is 0 Å². The first kappa shape index (κ1) is 11.9. The molecule has 0 aliphatic carbocycles. The van der Waals surface area contributed by atoms with Crippen LogP contribution in [-0.4, -0.2) is 22.6 Å². The molecule has 0 unspecified atom stereocenters. The van der Waals surface area contributed by atoms with Crippen molar-refractivity contribution < 1.29 is 17.3 Å². The van der Waals surface area contributed by atoms with Crippen LogP contribution in [-0.2, 0) is 14.3 Å². The fourth-order valence-corrected chi connectivity index (χ4v) is 2.36. The van der Waals surface area contributed by atoms with Gasteiger partial charge in [0, 0.05) is 5.39 Å². The minimum Gasteiger partial charge on any atom is -0.496 e. The normalized spacial score (nSPS) is 11.6. The Bertz CT molecular complexity index is 647. The van der Waals surface area contributed by atoms with Crippen molar-refractivity contribution in [2.24, 2.45) is 0 Å². The van der Waals surface area contributed by atoms with Gasteiger partial charge in [-0.25, -0.2) is 0 Å². The number of hydrogen-bond acceptors (Lipinski definition) is 4. The van der Waals surface area contributed by atoms with Gasteiger partial charge in [0.25, 0.3) is 10.1 Å². The first-order chi connectivity index (χ1) is 8.08. The zero-order valence-corrected chi connectivity index (χ0v) is 10.3. The SMILES string of the molecule is COc1cccc2cc(S(=O)(=O)OC)ccc12. The van der Waals surface area contributed by atoms with Crippen LogP contribution in [0.5, 0.6) is 5.75 Å². The molecule has 0 saturated carbocycles. The third kappa shape index (κ3) is 2.11. The summed E-state index contributed by atoms with van der Waals surface area (Å²) in [5.41, 5.74) is 0. The molecule has 0 aromatic heterocycles. The maximum atomic E-state index is 11.5. The van der Waals surface area contributed by atoms with Crippen LogP contribution in [0.4, 0.5) is 0 Å². The molecule has 0 aliphatic heterocycles. The van der Waals surface area contributed by atoms with E-state index in [-0.39, 0.29) is 4.90 Å². The highest BCUT2D eigenvalue weighted by Crippen LogP contribution is 2.27. The minimum atomic E-state index is -3.65.